The third kappa shape index (κ3) is 14.0. The number of rotatable bonds is 11. The predicted molar refractivity (Wildman–Crippen MR) is 255 cm³/mol. The summed E-state index contributed by atoms with van der Waals surface area (Å²) in [5, 5.41) is 11.9. The number of benzene rings is 2. The zero-order valence-corrected chi connectivity index (χ0v) is 37.7. The van der Waals surface area contributed by atoms with Gasteiger partial charge in [-0.15, -0.1) is 0 Å². The van der Waals surface area contributed by atoms with Crippen molar-refractivity contribution in [2.45, 2.75) is 13.8 Å². The molecular formula is C44H42B2Cl2F2N12O5. The van der Waals surface area contributed by atoms with Crippen LogP contribution in [0.2, 0.25) is 10.0 Å². The second kappa shape index (κ2) is 23.5. The van der Waals surface area contributed by atoms with Crippen molar-refractivity contribution in [1.82, 2.24) is 39.5 Å². The highest BCUT2D eigenvalue weighted by Gasteiger charge is 2.21. The standard InChI is InChI=1S/C22H20BClFN6O2.C16H16BClFN4O.C6H6N2O2/c1-14-26-11-17(12-27-14)22(33)29-21-20(25)8-16(10-28-21)15-6-18(24)9-19(7-15)30-2-4-31(5-3-30)23-13-32;18-13-5-11(12-7-15(19)16(20)21-9-12)6-14(8-13)22-1-3-23(4-2-22)17-10-24;1-4-7-2-5(3-8-4)6(9)10/h6-13H,2-5H2,1H3,(H,28,29,33);5-10H,1-4H2,(H2,20,21);2-3H,1H3,(H,9,10). The molecule has 0 spiro atoms. The number of nitrogens with zero attached hydrogens (tertiary/aromatic N) is 10. The predicted octanol–water partition coefficient (Wildman–Crippen LogP) is 5.36. The van der Waals surface area contributed by atoms with E-state index < -0.39 is 23.5 Å². The van der Waals surface area contributed by atoms with Gasteiger partial charge >= 0.3 is 5.97 Å². The van der Waals surface area contributed by atoms with Gasteiger partial charge in [0, 0.05) is 122 Å². The van der Waals surface area contributed by atoms with Gasteiger partial charge in [0.15, 0.2) is 23.3 Å². The van der Waals surface area contributed by atoms with E-state index in [-0.39, 0.29) is 22.8 Å². The van der Waals surface area contributed by atoms with Crippen LogP contribution in [-0.2, 0) is 9.59 Å². The van der Waals surface area contributed by atoms with E-state index in [1.54, 1.807) is 40.8 Å². The Hall–Kier alpha value is -6.93. The number of hydrogen-bond acceptors (Lipinski definition) is 15. The molecule has 0 bridgehead atoms. The van der Waals surface area contributed by atoms with Crippen LogP contribution in [0.15, 0.2) is 85.7 Å². The van der Waals surface area contributed by atoms with Crippen molar-refractivity contribution < 1.29 is 33.1 Å². The van der Waals surface area contributed by atoms with E-state index in [2.05, 4.69) is 45.0 Å². The summed E-state index contributed by atoms with van der Waals surface area (Å²) in [6.07, 6.45) is 9.91. The summed E-state index contributed by atoms with van der Waals surface area (Å²) >= 11 is 12.6. The Morgan fingerprint density at radius 2 is 1.04 bits per heavy atom. The highest BCUT2D eigenvalue weighted by Crippen LogP contribution is 2.32. The average molecular weight is 949 g/mol. The summed E-state index contributed by atoms with van der Waals surface area (Å²) < 4.78 is 28.4. The number of carbonyl (C=O) groups excluding carboxylic acids is 3. The number of nitrogen functional groups attached to an aromatic ring is 1. The molecule has 2 aliphatic heterocycles. The van der Waals surface area contributed by atoms with Crippen molar-refractivity contribution in [3.05, 3.63) is 130 Å². The lowest BCUT2D eigenvalue weighted by atomic mass is 9.93. The number of hydrogen-bond donors (Lipinski definition) is 3. The average Bonchev–Trinajstić information content (AvgIpc) is 3.31. The summed E-state index contributed by atoms with van der Waals surface area (Å²) in [7, 11) is 3.10. The molecule has 2 radical (unpaired) electrons. The zero-order chi connectivity index (χ0) is 48.0. The molecule has 0 unspecified atom stereocenters. The molecule has 4 N–H and O–H groups in total. The van der Waals surface area contributed by atoms with Crippen molar-refractivity contribution in [2.75, 3.05) is 73.2 Å². The van der Waals surface area contributed by atoms with Crippen LogP contribution in [0.3, 0.4) is 0 Å². The normalized spacial score (nSPS) is 13.8. The van der Waals surface area contributed by atoms with Gasteiger partial charge in [-0.3, -0.25) is 4.79 Å². The minimum Gasteiger partial charge on any atom is -0.478 e. The molecule has 2 aromatic carbocycles. The number of halogens is 4. The van der Waals surface area contributed by atoms with Gasteiger partial charge in [0.25, 0.3) is 20.7 Å². The minimum absolute atomic E-state index is 0.116. The van der Waals surface area contributed by atoms with Crippen LogP contribution in [0, 0.1) is 25.5 Å². The van der Waals surface area contributed by atoms with Gasteiger partial charge < -0.3 is 45.2 Å². The number of pyridine rings is 2. The number of carbonyl (C=O) groups is 4. The molecule has 2 fully saturated rings. The smallest absolute Gasteiger partial charge is 0.338 e. The first-order valence-corrected chi connectivity index (χ1v) is 21.3. The van der Waals surface area contributed by atoms with Gasteiger partial charge in [0.2, 0.25) is 0 Å². The molecule has 342 valence electrons. The fourth-order valence-electron chi connectivity index (χ4n) is 6.76. The second-order valence-corrected chi connectivity index (χ2v) is 15.8. The molecule has 2 aliphatic rings. The lowest BCUT2D eigenvalue weighted by molar-refractivity contribution is 0.0695. The number of carboxylic acids is 1. The Kier molecular flexibility index (Phi) is 17.4. The number of aryl methyl sites for hydroxylation is 2. The molecular weight excluding hydrogens is 907 g/mol. The van der Waals surface area contributed by atoms with E-state index in [0.717, 1.165) is 81.7 Å². The number of piperazine rings is 2. The largest absolute Gasteiger partial charge is 0.478 e. The van der Waals surface area contributed by atoms with Crippen LogP contribution in [0.25, 0.3) is 22.3 Å². The molecule has 2 saturated heterocycles. The van der Waals surface area contributed by atoms with E-state index in [1.165, 1.54) is 49.3 Å². The molecule has 1 amide bonds. The molecule has 0 atom stereocenters. The Morgan fingerprint density at radius 3 is 1.46 bits per heavy atom. The van der Waals surface area contributed by atoms with Crippen LogP contribution in [0.1, 0.15) is 32.4 Å². The first-order valence-electron chi connectivity index (χ1n) is 20.5. The van der Waals surface area contributed by atoms with Crippen molar-refractivity contribution in [3.8, 4) is 22.3 Å². The topological polar surface area (TPSA) is 217 Å². The number of carboxylic acid groups (broad SMARTS) is 1. The summed E-state index contributed by atoms with van der Waals surface area (Å²) in [6.45, 7) is 9.37. The maximum absolute atomic E-state index is 14.8. The Balaban J connectivity index is 0.000000189. The Labute approximate surface area is 395 Å². The summed E-state index contributed by atoms with van der Waals surface area (Å²) in [5.74, 6) is -1.98. The van der Waals surface area contributed by atoms with Gasteiger partial charge in [0.05, 0.1) is 23.5 Å². The van der Waals surface area contributed by atoms with Crippen molar-refractivity contribution >= 4 is 85.3 Å². The van der Waals surface area contributed by atoms with E-state index in [9.17, 15) is 28.0 Å². The third-order valence-electron chi connectivity index (χ3n) is 10.3. The molecule has 6 aromatic rings. The second-order valence-electron chi connectivity index (χ2n) is 15.0. The van der Waals surface area contributed by atoms with Gasteiger partial charge in [-0.25, -0.2) is 43.5 Å². The first-order chi connectivity index (χ1) is 32.2. The van der Waals surface area contributed by atoms with Gasteiger partial charge in [-0.05, 0) is 73.5 Å². The molecule has 4 aromatic heterocycles. The monoisotopic (exact) mass is 948 g/mol. The Morgan fingerprint density at radius 1 is 0.612 bits per heavy atom. The Bertz CT molecular complexity index is 2700. The van der Waals surface area contributed by atoms with Gasteiger partial charge in [-0.2, -0.15) is 0 Å². The van der Waals surface area contributed by atoms with Crippen LogP contribution in [0.5, 0.6) is 0 Å². The van der Waals surface area contributed by atoms with Gasteiger partial charge in [-0.1, -0.05) is 23.2 Å². The fraction of sp³-hybridized carbons (Fsp3) is 0.227. The van der Waals surface area contributed by atoms with Crippen molar-refractivity contribution in [2.24, 2.45) is 0 Å². The zero-order valence-electron chi connectivity index (χ0n) is 36.2. The highest BCUT2D eigenvalue weighted by molar-refractivity contribution is 6.64. The van der Waals surface area contributed by atoms with Crippen LogP contribution in [-0.4, -0.2) is 136 Å². The molecule has 6 heterocycles. The number of nitrogens with one attached hydrogen (secondary N) is 1. The summed E-state index contributed by atoms with van der Waals surface area (Å²) in [4.78, 5) is 75.4. The van der Waals surface area contributed by atoms with Crippen LogP contribution < -0.4 is 20.9 Å². The molecule has 23 heteroatoms. The summed E-state index contributed by atoms with van der Waals surface area (Å²) in [6, 6.07) is 13.8. The fourth-order valence-corrected chi connectivity index (χ4v) is 7.22. The number of aromatic nitrogens is 6. The van der Waals surface area contributed by atoms with Crippen LogP contribution >= 0.6 is 23.2 Å². The summed E-state index contributed by atoms with van der Waals surface area (Å²) in [5.41, 5.74) is 10.3. The van der Waals surface area contributed by atoms with Crippen LogP contribution in [0.4, 0.5) is 31.8 Å². The molecule has 17 nitrogen and oxygen atoms in total. The van der Waals surface area contributed by atoms with E-state index in [1.807, 2.05) is 33.9 Å². The SMILES string of the molecule is Cc1ncc(C(=O)Nc2ncc(-c3cc(Cl)cc(N4CCN([B]C=O)CC4)c3)cc2F)cn1.Cc1ncc(C(=O)O)cn1.Nc1ncc(-c2cc(Cl)cc(N3CCN([B]C=O)CC3)c2)cc1F. The molecule has 0 aliphatic carbocycles. The maximum Gasteiger partial charge on any atom is 0.338 e. The first kappa shape index (κ1) is 49.5. The number of amides is 1. The van der Waals surface area contributed by atoms with E-state index in [0.29, 0.717) is 38.4 Å². The van der Waals surface area contributed by atoms with Gasteiger partial charge in [0.1, 0.15) is 11.6 Å². The molecule has 0 saturated carbocycles. The lowest BCUT2D eigenvalue weighted by Gasteiger charge is -2.35. The third-order valence-corrected chi connectivity index (χ3v) is 10.8. The number of nitrogens with two attached hydrogens (primary N) is 1. The maximum atomic E-state index is 14.8. The van der Waals surface area contributed by atoms with E-state index >= 15 is 0 Å². The molecule has 8 rings (SSSR count). The minimum atomic E-state index is -1.000. The van der Waals surface area contributed by atoms with Crippen molar-refractivity contribution in [3.63, 3.8) is 0 Å². The quantitative estimate of drug-likeness (QED) is 0.110. The number of anilines is 4. The van der Waals surface area contributed by atoms with Crippen molar-refractivity contribution in [1.29, 1.82) is 0 Å². The highest BCUT2D eigenvalue weighted by atomic mass is 35.5. The number of aromatic carboxylic acids is 1. The van der Waals surface area contributed by atoms with E-state index in [4.69, 9.17) is 34.0 Å². The molecule has 67 heavy (non-hydrogen) atoms. The lowest BCUT2D eigenvalue weighted by Crippen LogP contribution is -2.48.